The fraction of sp³-hybridized carbons (Fsp3) is 0.389. The highest BCUT2D eigenvalue weighted by Gasteiger charge is 2.38. The zero-order valence-corrected chi connectivity index (χ0v) is 15.5. The van der Waals surface area contributed by atoms with Crippen LogP contribution in [0, 0.1) is 5.92 Å². The van der Waals surface area contributed by atoms with Crippen LogP contribution >= 0.6 is 11.6 Å². The van der Waals surface area contributed by atoms with Gasteiger partial charge in [-0.3, -0.25) is 0 Å². The minimum absolute atomic E-state index is 0.298. The number of ether oxygens (including phenoxy) is 1. The fourth-order valence-electron chi connectivity index (χ4n) is 2.98. The molecule has 1 saturated carbocycles. The minimum Gasteiger partial charge on any atom is -0.406 e. The van der Waals surface area contributed by atoms with Crippen LogP contribution in [0.1, 0.15) is 31.4 Å². The number of nitrogens with one attached hydrogen (secondary N) is 2. The molecule has 1 aliphatic carbocycles. The average Bonchev–Trinajstić information content (AvgIpc) is 3.14. The number of aromatic nitrogens is 2. The highest BCUT2D eigenvalue weighted by molar-refractivity contribution is 6.30. The summed E-state index contributed by atoms with van der Waals surface area (Å²) in [6.07, 6.45) is -0.811. The lowest BCUT2D eigenvalue weighted by Gasteiger charge is -2.15. The molecule has 0 spiro atoms. The van der Waals surface area contributed by atoms with Crippen molar-refractivity contribution in [1.29, 1.82) is 0 Å². The topological polar surface area (TPSA) is 76.1 Å². The van der Waals surface area contributed by atoms with Crippen molar-refractivity contribution in [1.82, 2.24) is 15.3 Å². The van der Waals surface area contributed by atoms with E-state index in [4.69, 9.17) is 16.3 Å². The van der Waals surface area contributed by atoms with E-state index < -0.39 is 23.7 Å². The number of nitrogens with zero attached hydrogens (tertiary/aromatic N) is 2. The molecular formula is C18H18ClF3N4O2. The Morgan fingerprint density at radius 2 is 2.04 bits per heavy atom. The highest BCUT2D eigenvalue weighted by atomic mass is 35.5. The third-order valence-electron chi connectivity index (χ3n) is 4.32. The third-order valence-corrected chi connectivity index (χ3v) is 4.55. The van der Waals surface area contributed by atoms with Crippen LogP contribution in [-0.4, -0.2) is 22.6 Å². The van der Waals surface area contributed by atoms with Crippen LogP contribution in [0.25, 0.3) is 0 Å². The molecule has 6 nitrogen and oxygen atoms in total. The summed E-state index contributed by atoms with van der Waals surface area (Å²) in [5, 5.41) is 5.54. The van der Waals surface area contributed by atoms with E-state index in [1.54, 1.807) is 18.2 Å². The Morgan fingerprint density at radius 3 is 2.71 bits per heavy atom. The molecule has 3 rings (SSSR count). The van der Waals surface area contributed by atoms with E-state index in [1.807, 2.05) is 0 Å². The lowest BCUT2D eigenvalue weighted by molar-refractivity contribution is -0.142. The lowest BCUT2D eigenvalue weighted by atomic mass is 10.1. The summed E-state index contributed by atoms with van der Waals surface area (Å²) < 4.78 is 44.9. The van der Waals surface area contributed by atoms with E-state index in [0.29, 0.717) is 23.2 Å². The van der Waals surface area contributed by atoms with Crippen molar-refractivity contribution in [3.05, 3.63) is 41.2 Å². The zero-order valence-electron chi connectivity index (χ0n) is 14.7. The third kappa shape index (κ3) is 5.48. The smallest absolute Gasteiger partial charge is 0.406 e. The normalized spacial score (nSPS) is 14.7. The second-order valence-corrected chi connectivity index (χ2v) is 6.90. The monoisotopic (exact) mass is 414 g/mol. The molecule has 2 aromatic rings. The summed E-state index contributed by atoms with van der Waals surface area (Å²) in [5.74, 6) is -0.725. The van der Waals surface area contributed by atoms with Crippen molar-refractivity contribution >= 4 is 29.3 Å². The number of alkyl halides is 3. The molecule has 1 aromatic heterocycles. The van der Waals surface area contributed by atoms with Crippen LogP contribution < -0.4 is 15.4 Å². The van der Waals surface area contributed by atoms with E-state index in [1.165, 1.54) is 6.07 Å². The molecule has 0 unspecified atom stereocenters. The summed E-state index contributed by atoms with van der Waals surface area (Å²) >= 11 is 5.85. The number of hydrogen-bond donors (Lipinski definition) is 2. The molecule has 1 aliphatic rings. The zero-order chi connectivity index (χ0) is 20.1. The van der Waals surface area contributed by atoms with Gasteiger partial charge in [0.05, 0.1) is 6.20 Å². The molecule has 0 saturated heterocycles. The lowest BCUT2D eigenvalue weighted by Crippen LogP contribution is -2.31. The summed E-state index contributed by atoms with van der Waals surface area (Å²) in [6.45, 7) is 0.370. The molecule has 1 aromatic carbocycles. The fourth-order valence-corrected chi connectivity index (χ4v) is 3.17. The molecule has 1 fully saturated rings. The van der Waals surface area contributed by atoms with Crippen molar-refractivity contribution in [3.63, 3.8) is 0 Å². The van der Waals surface area contributed by atoms with Gasteiger partial charge in [0.25, 0.3) is 0 Å². The van der Waals surface area contributed by atoms with E-state index in [0.717, 1.165) is 31.9 Å². The molecule has 10 heteroatoms. The first-order valence-electron chi connectivity index (χ1n) is 8.74. The second kappa shape index (κ2) is 8.64. The predicted molar refractivity (Wildman–Crippen MR) is 97.8 cm³/mol. The highest BCUT2D eigenvalue weighted by Crippen LogP contribution is 2.35. The molecule has 0 bridgehead atoms. The van der Waals surface area contributed by atoms with Gasteiger partial charge in [0.2, 0.25) is 5.95 Å². The molecule has 0 radical (unpaired) electrons. The van der Waals surface area contributed by atoms with Crippen LogP contribution in [0.2, 0.25) is 5.02 Å². The van der Waals surface area contributed by atoms with Crippen molar-refractivity contribution in [3.8, 4) is 5.75 Å². The van der Waals surface area contributed by atoms with E-state index >= 15 is 0 Å². The number of amides is 1. The van der Waals surface area contributed by atoms with Crippen molar-refractivity contribution in [2.24, 2.45) is 5.92 Å². The van der Waals surface area contributed by atoms with Crippen molar-refractivity contribution < 1.29 is 22.7 Å². The largest absolute Gasteiger partial charge is 0.437 e. The Hall–Kier alpha value is -2.55. The molecule has 28 heavy (non-hydrogen) atoms. The number of halogens is 4. The Bertz CT molecular complexity index is 842. The summed E-state index contributed by atoms with van der Waals surface area (Å²) in [7, 11) is 0. The quantitative estimate of drug-likeness (QED) is 0.705. The maximum absolute atomic E-state index is 13.4. The van der Waals surface area contributed by atoms with Gasteiger partial charge in [-0.2, -0.15) is 13.2 Å². The SMILES string of the molecule is O=C(NCC1CCCC1)Oc1cnc(Nc2cccc(Cl)c2)nc1C(F)(F)F. The van der Waals surface area contributed by atoms with Crippen molar-refractivity contribution in [2.75, 3.05) is 11.9 Å². The van der Waals surface area contributed by atoms with E-state index in [9.17, 15) is 18.0 Å². The van der Waals surface area contributed by atoms with Crippen LogP contribution in [0.3, 0.4) is 0 Å². The molecular weight excluding hydrogens is 397 g/mol. The maximum atomic E-state index is 13.4. The van der Waals surface area contributed by atoms with Crippen LogP contribution in [-0.2, 0) is 6.18 Å². The van der Waals surface area contributed by atoms with Gasteiger partial charge in [-0.15, -0.1) is 0 Å². The number of carbonyl (C=O) groups is 1. The van der Waals surface area contributed by atoms with Gasteiger partial charge < -0.3 is 15.4 Å². The number of hydrogen-bond acceptors (Lipinski definition) is 5. The summed E-state index contributed by atoms with van der Waals surface area (Å²) in [4.78, 5) is 19.1. The Labute approximate surface area is 164 Å². The Kier molecular flexibility index (Phi) is 6.23. The number of carbonyl (C=O) groups excluding carboxylic acids is 1. The molecule has 2 N–H and O–H groups in total. The molecule has 150 valence electrons. The first-order chi connectivity index (χ1) is 13.3. The van der Waals surface area contributed by atoms with Gasteiger partial charge in [0, 0.05) is 17.3 Å². The first-order valence-corrected chi connectivity index (χ1v) is 9.11. The van der Waals surface area contributed by atoms with Gasteiger partial charge in [-0.05, 0) is 37.0 Å². The van der Waals surface area contributed by atoms with Gasteiger partial charge in [0.1, 0.15) is 0 Å². The van der Waals surface area contributed by atoms with Crippen LogP contribution in [0.5, 0.6) is 5.75 Å². The van der Waals surface area contributed by atoms with E-state index in [2.05, 4.69) is 20.6 Å². The maximum Gasteiger partial charge on any atom is 0.437 e. The summed E-state index contributed by atoms with van der Waals surface area (Å²) in [6, 6.07) is 6.36. The van der Waals surface area contributed by atoms with Gasteiger partial charge in [0.15, 0.2) is 11.4 Å². The van der Waals surface area contributed by atoms with Crippen LogP contribution in [0.15, 0.2) is 30.5 Å². The Balaban J connectivity index is 1.72. The van der Waals surface area contributed by atoms with Crippen LogP contribution in [0.4, 0.5) is 29.6 Å². The van der Waals surface area contributed by atoms with Gasteiger partial charge in [-0.1, -0.05) is 30.5 Å². The minimum atomic E-state index is -4.82. The number of rotatable bonds is 5. The van der Waals surface area contributed by atoms with Gasteiger partial charge in [-0.25, -0.2) is 14.8 Å². The first kappa shape index (κ1) is 20.2. The number of anilines is 2. The molecule has 0 atom stereocenters. The standard InChI is InChI=1S/C18H18ClF3N4O2/c19-12-6-3-7-13(8-12)25-16-23-10-14(15(26-16)18(20,21)22)28-17(27)24-9-11-4-1-2-5-11/h3,6-8,10-11H,1-2,4-5,9H2,(H,24,27)(H,23,25,26). The molecule has 1 amide bonds. The Morgan fingerprint density at radius 1 is 1.29 bits per heavy atom. The number of benzene rings is 1. The predicted octanol–water partition coefficient (Wildman–Crippen LogP) is 5.17. The molecule has 0 aliphatic heterocycles. The summed E-state index contributed by atoms with van der Waals surface area (Å²) in [5.41, 5.74) is -0.924. The van der Waals surface area contributed by atoms with Crippen molar-refractivity contribution in [2.45, 2.75) is 31.9 Å². The molecule has 1 heterocycles. The van der Waals surface area contributed by atoms with E-state index in [-0.39, 0.29) is 5.95 Å². The average molecular weight is 415 g/mol. The van der Waals surface area contributed by atoms with Gasteiger partial charge >= 0.3 is 12.3 Å². The second-order valence-electron chi connectivity index (χ2n) is 6.46.